The molecule has 1 aliphatic heterocycles. The van der Waals surface area contributed by atoms with E-state index in [1.54, 1.807) is 11.0 Å². The fourth-order valence-corrected chi connectivity index (χ4v) is 2.75. The number of aromatic nitrogens is 1. The molecule has 2 amide bonds. The topological polar surface area (TPSA) is 91.6 Å². The second-order valence-electron chi connectivity index (χ2n) is 5.76. The maximum absolute atomic E-state index is 12.4. The van der Waals surface area contributed by atoms with Crippen molar-refractivity contribution in [2.24, 2.45) is 0 Å². The van der Waals surface area contributed by atoms with Crippen molar-refractivity contribution >= 4 is 23.2 Å². The quantitative estimate of drug-likeness (QED) is 0.684. The van der Waals surface area contributed by atoms with Crippen LogP contribution in [0.5, 0.6) is 0 Å². The van der Waals surface area contributed by atoms with Crippen LogP contribution >= 0.6 is 0 Å². The first-order chi connectivity index (χ1) is 12.1. The van der Waals surface area contributed by atoms with Crippen LogP contribution in [-0.4, -0.2) is 47.0 Å². The fourth-order valence-electron chi connectivity index (χ4n) is 2.75. The Bertz CT molecular complexity index is 736. The van der Waals surface area contributed by atoms with E-state index in [1.165, 1.54) is 12.3 Å². The van der Waals surface area contributed by atoms with Crippen LogP contribution in [-0.2, 0) is 0 Å². The molecule has 1 aliphatic rings. The minimum absolute atomic E-state index is 0.0255. The molecule has 8 heteroatoms. The zero-order chi connectivity index (χ0) is 17.6. The number of nitrogens with one attached hydrogen (secondary N) is 1. The standard InChI is InChI=1S/C17H19N5O3/c23-17(19-14-5-2-1-3-6-14)21-10-4-9-20(11-12-21)16-8-7-15(13-18-16)22(24)25/h1-3,5-8,13H,4,9-12H2,(H,19,23). The van der Waals surface area contributed by atoms with Gasteiger partial charge in [-0.15, -0.1) is 0 Å². The van der Waals surface area contributed by atoms with Crippen molar-refractivity contribution in [3.63, 3.8) is 0 Å². The summed E-state index contributed by atoms with van der Waals surface area (Å²) in [5.41, 5.74) is 0.744. The monoisotopic (exact) mass is 341 g/mol. The molecule has 0 unspecified atom stereocenters. The van der Waals surface area contributed by atoms with Gasteiger partial charge >= 0.3 is 6.03 Å². The van der Waals surface area contributed by atoms with Gasteiger partial charge in [-0.3, -0.25) is 10.1 Å². The van der Waals surface area contributed by atoms with Crippen molar-refractivity contribution in [1.29, 1.82) is 0 Å². The lowest BCUT2D eigenvalue weighted by atomic mass is 10.3. The minimum atomic E-state index is -0.463. The molecule has 0 atom stereocenters. The number of urea groups is 1. The molecule has 2 aromatic rings. The van der Waals surface area contributed by atoms with Crippen molar-refractivity contribution in [1.82, 2.24) is 9.88 Å². The Morgan fingerprint density at radius 2 is 1.88 bits per heavy atom. The second kappa shape index (κ2) is 7.61. The fraction of sp³-hybridized carbons (Fsp3) is 0.294. The van der Waals surface area contributed by atoms with Gasteiger partial charge in [0, 0.05) is 37.9 Å². The normalized spacial score (nSPS) is 14.7. The van der Waals surface area contributed by atoms with Gasteiger partial charge < -0.3 is 15.1 Å². The van der Waals surface area contributed by atoms with Gasteiger partial charge in [-0.1, -0.05) is 18.2 Å². The first-order valence-electron chi connectivity index (χ1n) is 8.10. The highest BCUT2D eigenvalue weighted by Gasteiger charge is 2.20. The summed E-state index contributed by atoms with van der Waals surface area (Å²) in [6.07, 6.45) is 2.07. The van der Waals surface area contributed by atoms with Crippen molar-refractivity contribution in [2.45, 2.75) is 6.42 Å². The summed E-state index contributed by atoms with van der Waals surface area (Å²) in [5, 5.41) is 13.6. The van der Waals surface area contributed by atoms with E-state index < -0.39 is 4.92 Å². The van der Waals surface area contributed by atoms with Crippen LogP contribution in [0.4, 0.5) is 22.0 Å². The van der Waals surface area contributed by atoms with Gasteiger partial charge in [-0.25, -0.2) is 9.78 Å². The highest BCUT2D eigenvalue weighted by molar-refractivity contribution is 5.89. The largest absolute Gasteiger partial charge is 0.355 e. The Hall–Kier alpha value is -3.16. The second-order valence-corrected chi connectivity index (χ2v) is 5.76. The van der Waals surface area contributed by atoms with Crippen molar-refractivity contribution < 1.29 is 9.72 Å². The number of amides is 2. The molecule has 2 heterocycles. The molecule has 0 saturated carbocycles. The number of hydrogen-bond acceptors (Lipinski definition) is 5. The van der Waals surface area contributed by atoms with Crippen LogP contribution in [0, 0.1) is 10.1 Å². The van der Waals surface area contributed by atoms with Crippen LogP contribution in [0.2, 0.25) is 0 Å². The summed E-state index contributed by atoms with van der Waals surface area (Å²) in [5.74, 6) is 0.691. The number of hydrogen-bond donors (Lipinski definition) is 1. The van der Waals surface area contributed by atoms with E-state index in [4.69, 9.17) is 0 Å². The van der Waals surface area contributed by atoms with E-state index in [9.17, 15) is 14.9 Å². The molecule has 1 saturated heterocycles. The van der Waals surface area contributed by atoms with Gasteiger partial charge in [-0.2, -0.15) is 0 Å². The molecular formula is C17H19N5O3. The predicted molar refractivity (Wildman–Crippen MR) is 94.8 cm³/mol. The molecule has 0 bridgehead atoms. The zero-order valence-electron chi connectivity index (χ0n) is 13.7. The van der Waals surface area contributed by atoms with Gasteiger partial charge in [0.25, 0.3) is 5.69 Å². The minimum Gasteiger partial charge on any atom is -0.355 e. The van der Waals surface area contributed by atoms with Gasteiger partial charge in [0.1, 0.15) is 12.0 Å². The molecule has 130 valence electrons. The molecule has 1 N–H and O–H groups in total. The van der Waals surface area contributed by atoms with Gasteiger partial charge in [0.2, 0.25) is 0 Å². The van der Waals surface area contributed by atoms with Gasteiger partial charge in [-0.05, 0) is 24.6 Å². The molecule has 3 rings (SSSR count). The third kappa shape index (κ3) is 4.23. The number of nitrogens with zero attached hydrogens (tertiary/aromatic N) is 4. The van der Waals surface area contributed by atoms with Crippen LogP contribution in [0.25, 0.3) is 0 Å². The molecule has 0 radical (unpaired) electrons. The summed E-state index contributed by atoms with van der Waals surface area (Å²) in [4.78, 5) is 30.6. The number of nitro groups is 1. The third-order valence-electron chi connectivity index (χ3n) is 4.08. The Morgan fingerprint density at radius 3 is 2.56 bits per heavy atom. The summed E-state index contributed by atoms with van der Waals surface area (Å²) >= 11 is 0. The first-order valence-corrected chi connectivity index (χ1v) is 8.10. The summed E-state index contributed by atoms with van der Waals surface area (Å²) < 4.78 is 0. The first kappa shape index (κ1) is 16.7. The molecule has 0 aliphatic carbocycles. The predicted octanol–water partition coefficient (Wildman–Crippen LogP) is 2.73. The number of anilines is 2. The Labute approximate surface area is 145 Å². The number of carbonyl (C=O) groups is 1. The SMILES string of the molecule is O=C(Nc1ccccc1)N1CCCN(c2ccc([N+](=O)[O-])cn2)CC1. The van der Waals surface area contributed by atoms with E-state index in [0.29, 0.717) is 25.5 Å². The van der Waals surface area contributed by atoms with Gasteiger partial charge in [0.05, 0.1) is 4.92 Å². The van der Waals surface area contributed by atoms with Crippen molar-refractivity contribution in [2.75, 3.05) is 36.4 Å². The van der Waals surface area contributed by atoms with E-state index in [2.05, 4.69) is 10.3 Å². The average molecular weight is 341 g/mol. The lowest BCUT2D eigenvalue weighted by Gasteiger charge is -2.23. The number of para-hydroxylation sites is 1. The molecule has 8 nitrogen and oxygen atoms in total. The highest BCUT2D eigenvalue weighted by atomic mass is 16.6. The van der Waals surface area contributed by atoms with E-state index in [-0.39, 0.29) is 11.7 Å². The molecule has 25 heavy (non-hydrogen) atoms. The zero-order valence-corrected chi connectivity index (χ0v) is 13.7. The van der Waals surface area contributed by atoms with E-state index in [1.807, 2.05) is 35.2 Å². The van der Waals surface area contributed by atoms with Crippen molar-refractivity contribution in [3.8, 4) is 0 Å². The molecular weight excluding hydrogens is 322 g/mol. The Kier molecular flexibility index (Phi) is 5.08. The number of benzene rings is 1. The maximum Gasteiger partial charge on any atom is 0.321 e. The van der Waals surface area contributed by atoms with Crippen LogP contribution in [0.3, 0.4) is 0 Å². The molecule has 1 fully saturated rings. The molecule has 0 spiro atoms. The summed E-state index contributed by atoms with van der Waals surface area (Å²) in [6.45, 7) is 2.60. The highest BCUT2D eigenvalue weighted by Crippen LogP contribution is 2.18. The number of carbonyl (C=O) groups excluding carboxylic acids is 1. The van der Waals surface area contributed by atoms with Crippen LogP contribution < -0.4 is 10.2 Å². The Balaban J connectivity index is 1.60. The number of pyridine rings is 1. The lowest BCUT2D eigenvalue weighted by Crippen LogP contribution is -2.38. The Morgan fingerprint density at radius 1 is 1.08 bits per heavy atom. The maximum atomic E-state index is 12.4. The number of rotatable bonds is 3. The molecule has 1 aromatic heterocycles. The van der Waals surface area contributed by atoms with Crippen LogP contribution in [0.15, 0.2) is 48.7 Å². The summed E-state index contributed by atoms with van der Waals surface area (Å²) in [7, 11) is 0. The van der Waals surface area contributed by atoms with Crippen LogP contribution in [0.1, 0.15) is 6.42 Å². The van der Waals surface area contributed by atoms with E-state index in [0.717, 1.165) is 18.7 Å². The smallest absolute Gasteiger partial charge is 0.321 e. The summed E-state index contributed by atoms with van der Waals surface area (Å²) in [6, 6.07) is 12.3. The third-order valence-corrected chi connectivity index (χ3v) is 4.08. The van der Waals surface area contributed by atoms with E-state index >= 15 is 0 Å². The van der Waals surface area contributed by atoms with Gasteiger partial charge in [0.15, 0.2) is 0 Å². The lowest BCUT2D eigenvalue weighted by molar-refractivity contribution is -0.385. The van der Waals surface area contributed by atoms with Crippen molar-refractivity contribution in [3.05, 3.63) is 58.8 Å². The molecule has 1 aromatic carbocycles. The average Bonchev–Trinajstić information content (AvgIpc) is 2.89.